The zero-order chi connectivity index (χ0) is 19.3. The first-order chi connectivity index (χ1) is 13.6. The van der Waals surface area contributed by atoms with Crippen molar-refractivity contribution in [2.45, 2.75) is 12.3 Å². The smallest absolute Gasteiger partial charge is 0.226 e. The van der Waals surface area contributed by atoms with Gasteiger partial charge in [0.1, 0.15) is 11.4 Å². The Morgan fingerprint density at radius 3 is 2.86 bits per heavy atom. The van der Waals surface area contributed by atoms with E-state index in [9.17, 15) is 9.59 Å². The number of rotatable bonds is 2. The molecule has 1 unspecified atom stereocenters. The number of aromatic nitrogens is 3. The SMILES string of the molecule is Cn1nc(-c2cccnc2)c2c1NC(=O)CC2c1coc2ccccc2c1=O. The minimum absolute atomic E-state index is 0.131. The fourth-order valence-corrected chi connectivity index (χ4v) is 3.80. The second-order valence-corrected chi connectivity index (χ2v) is 6.80. The molecule has 1 N–H and O–H groups in total. The molecule has 1 aliphatic rings. The second-order valence-electron chi connectivity index (χ2n) is 6.80. The van der Waals surface area contributed by atoms with E-state index < -0.39 is 5.92 Å². The van der Waals surface area contributed by atoms with E-state index in [1.54, 1.807) is 42.3 Å². The Kier molecular flexibility index (Phi) is 3.61. The summed E-state index contributed by atoms with van der Waals surface area (Å²) in [5, 5.41) is 7.98. The van der Waals surface area contributed by atoms with Crippen molar-refractivity contribution in [3.8, 4) is 11.3 Å². The molecular weight excluding hydrogens is 356 g/mol. The molecule has 138 valence electrons. The molecule has 4 aromatic rings. The van der Waals surface area contributed by atoms with E-state index in [1.807, 2.05) is 18.2 Å². The Balaban J connectivity index is 1.77. The van der Waals surface area contributed by atoms with Gasteiger partial charge in [0.25, 0.3) is 0 Å². The van der Waals surface area contributed by atoms with Crippen molar-refractivity contribution < 1.29 is 9.21 Å². The molecule has 0 aliphatic carbocycles. The lowest BCUT2D eigenvalue weighted by molar-refractivity contribution is -0.116. The molecule has 0 saturated heterocycles. The van der Waals surface area contributed by atoms with E-state index in [-0.39, 0.29) is 17.8 Å². The Labute approximate surface area is 159 Å². The van der Waals surface area contributed by atoms with Crippen molar-refractivity contribution >= 4 is 22.7 Å². The number of nitrogens with one attached hydrogen (secondary N) is 1. The van der Waals surface area contributed by atoms with Gasteiger partial charge in [0.05, 0.1) is 17.3 Å². The van der Waals surface area contributed by atoms with Gasteiger partial charge in [-0.15, -0.1) is 0 Å². The first kappa shape index (κ1) is 16.4. The average Bonchev–Trinajstić information content (AvgIpc) is 3.05. The predicted octanol–water partition coefficient (Wildman–Crippen LogP) is 3.06. The number of hydrogen-bond donors (Lipinski definition) is 1. The number of carbonyl (C=O) groups excluding carboxylic acids is 1. The lowest BCUT2D eigenvalue weighted by Gasteiger charge is -2.23. The number of pyridine rings is 1. The summed E-state index contributed by atoms with van der Waals surface area (Å²) in [5.74, 6) is -0.0213. The summed E-state index contributed by atoms with van der Waals surface area (Å²) in [6.07, 6.45) is 5.03. The number of hydrogen-bond acceptors (Lipinski definition) is 5. The van der Waals surface area contributed by atoms with Crippen LogP contribution < -0.4 is 10.7 Å². The number of benzene rings is 1. The summed E-state index contributed by atoms with van der Waals surface area (Å²) in [7, 11) is 1.77. The highest BCUT2D eigenvalue weighted by molar-refractivity contribution is 5.96. The van der Waals surface area contributed by atoms with Gasteiger partial charge in [0, 0.05) is 48.5 Å². The molecule has 3 aromatic heterocycles. The number of para-hydroxylation sites is 1. The van der Waals surface area contributed by atoms with E-state index in [0.717, 1.165) is 11.1 Å². The second kappa shape index (κ2) is 6.16. The zero-order valence-electron chi connectivity index (χ0n) is 15.0. The van der Waals surface area contributed by atoms with Crippen molar-refractivity contribution in [3.63, 3.8) is 0 Å². The molecule has 1 atom stereocenters. The monoisotopic (exact) mass is 372 g/mol. The Morgan fingerprint density at radius 1 is 1.18 bits per heavy atom. The summed E-state index contributed by atoms with van der Waals surface area (Å²) < 4.78 is 7.34. The molecule has 1 amide bonds. The van der Waals surface area contributed by atoms with Gasteiger partial charge in [-0.2, -0.15) is 5.10 Å². The molecule has 0 saturated carbocycles. The van der Waals surface area contributed by atoms with Crippen molar-refractivity contribution in [1.29, 1.82) is 0 Å². The topological polar surface area (TPSA) is 90.0 Å². The van der Waals surface area contributed by atoms with E-state index >= 15 is 0 Å². The quantitative estimate of drug-likeness (QED) is 0.584. The minimum Gasteiger partial charge on any atom is -0.464 e. The van der Waals surface area contributed by atoms with Crippen LogP contribution in [0, 0.1) is 0 Å². The van der Waals surface area contributed by atoms with Gasteiger partial charge in [-0.1, -0.05) is 12.1 Å². The highest BCUT2D eigenvalue weighted by Gasteiger charge is 2.35. The van der Waals surface area contributed by atoms with E-state index in [0.29, 0.717) is 28.0 Å². The van der Waals surface area contributed by atoms with Crippen molar-refractivity contribution in [2.24, 2.45) is 7.05 Å². The van der Waals surface area contributed by atoms with Crippen LogP contribution >= 0.6 is 0 Å². The Bertz CT molecular complexity index is 1270. The molecular formula is C21H16N4O3. The van der Waals surface area contributed by atoms with Crippen molar-refractivity contribution in [2.75, 3.05) is 5.32 Å². The Hall–Kier alpha value is -3.74. The molecule has 1 aromatic carbocycles. The molecule has 7 nitrogen and oxygen atoms in total. The lowest BCUT2D eigenvalue weighted by atomic mass is 9.85. The molecule has 0 spiro atoms. The molecule has 7 heteroatoms. The van der Waals surface area contributed by atoms with Gasteiger partial charge in [-0.25, -0.2) is 0 Å². The van der Waals surface area contributed by atoms with Crippen molar-refractivity contribution in [3.05, 3.63) is 76.4 Å². The van der Waals surface area contributed by atoms with E-state index in [4.69, 9.17) is 4.42 Å². The number of aryl methyl sites for hydroxylation is 1. The Morgan fingerprint density at radius 2 is 2.04 bits per heavy atom. The van der Waals surface area contributed by atoms with Crippen LogP contribution in [-0.4, -0.2) is 20.7 Å². The standard InChI is InChI=1S/C21H16N4O3/c1-25-21-18(19(24-25)12-5-4-8-22-10-12)14(9-17(26)23-21)15-11-28-16-7-3-2-6-13(16)20(15)27/h2-8,10-11,14H,9H2,1H3,(H,23,26). The largest absolute Gasteiger partial charge is 0.464 e. The molecule has 28 heavy (non-hydrogen) atoms. The first-order valence-corrected chi connectivity index (χ1v) is 8.91. The average molecular weight is 372 g/mol. The van der Waals surface area contributed by atoms with Crippen LogP contribution in [0.3, 0.4) is 0 Å². The highest BCUT2D eigenvalue weighted by Crippen LogP contribution is 2.41. The fraction of sp³-hybridized carbons (Fsp3) is 0.143. The predicted molar refractivity (Wildman–Crippen MR) is 104 cm³/mol. The number of amides is 1. The van der Waals surface area contributed by atoms with E-state index in [2.05, 4.69) is 15.4 Å². The summed E-state index contributed by atoms with van der Waals surface area (Å²) >= 11 is 0. The van der Waals surface area contributed by atoms with Gasteiger partial charge < -0.3 is 9.73 Å². The van der Waals surface area contributed by atoms with Crippen molar-refractivity contribution in [1.82, 2.24) is 14.8 Å². The van der Waals surface area contributed by atoms with Gasteiger partial charge in [0.15, 0.2) is 5.43 Å². The van der Waals surface area contributed by atoms with Gasteiger partial charge >= 0.3 is 0 Å². The third-order valence-corrected chi connectivity index (χ3v) is 5.10. The summed E-state index contributed by atoms with van der Waals surface area (Å²) in [4.78, 5) is 29.7. The molecule has 5 rings (SSSR count). The molecule has 4 heterocycles. The lowest BCUT2D eigenvalue weighted by Crippen LogP contribution is -2.27. The number of fused-ring (bicyclic) bond motifs is 2. The van der Waals surface area contributed by atoms with Gasteiger partial charge in [-0.3, -0.25) is 19.3 Å². The summed E-state index contributed by atoms with van der Waals surface area (Å²) in [6.45, 7) is 0. The molecule has 0 radical (unpaired) electrons. The third kappa shape index (κ3) is 2.44. The maximum Gasteiger partial charge on any atom is 0.226 e. The van der Waals surface area contributed by atoms with Crippen LogP contribution in [0.25, 0.3) is 22.2 Å². The van der Waals surface area contributed by atoms with Crippen LogP contribution in [-0.2, 0) is 11.8 Å². The first-order valence-electron chi connectivity index (χ1n) is 8.91. The van der Waals surface area contributed by atoms with Crippen LogP contribution in [0.2, 0.25) is 0 Å². The maximum absolute atomic E-state index is 13.2. The molecule has 0 fully saturated rings. The highest BCUT2D eigenvalue weighted by atomic mass is 16.3. The van der Waals surface area contributed by atoms with Crippen LogP contribution in [0.1, 0.15) is 23.5 Å². The zero-order valence-corrected chi connectivity index (χ0v) is 15.0. The van der Waals surface area contributed by atoms with Gasteiger partial charge in [0.2, 0.25) is 5.91 Å². The van der Waals surface area contributed by atoms with Crippen LogP contribution in [0.4, 0.5) is 5.82 Å². The van der Waals surface area contributed by atoms with Crippen LogP contribution in [0.5, 0.6) is 0 Å². The number of anilines is 1. The number of carbonyl (C=O) groups is 1. The molecule has 1 aliphatic heterocycles. The van der Waals surface area contributed by atoms with Crippen LogP contribution in [0.15, 0.2) is 64.3 Å². The van der Waals surface area contributed by atoms with E-state index in [1.165, 1.54) is 6.26 Å². The summed E-state index contributed by atoms with van der Waals surface area (Å²) in [6, 6.07) is 10.8. The fourth-order valence-electron chi connectivity index (χ4n) is 3.80. The third-order valence-electron chi connectivity index (χ3n) is 5.10. The maximum atomic E-state index is 13.2. The summed E-state index contributed by atoms with van der Waals surface area (Å²) in [5.41, 5.74) is 3.17. The minimum atomic E-state index is -0.450. The normalized spacial score (nSPS) is 16.0. The van der Waals surface area contributed by atoms with Gasteiger partial charge in [-0.05, 0) is 24.3 Å². The molecule has 0 bridgehead atoms. The number of nitrogens with zero attached hydrogens (tertiary/aromatic N) is 3.